The number of para-hydroxylation sites is 1. The van der Waals surface area contributed by atoms with Gasteiger partial charge in [-0.15, -0.1) is 0 Å². The van der Waals surface area contributed by atoms with Crippen molar-refractivity contribution >= 4 is 21.4 Å². The third kappa shape index (κ3) is 2.75. The van der Waals surface area contributed by atoms with Crippen molar-refractivity contribution in [3.8, 4) is 0 Å². The minimum Gasteiger partial charge on any atom is -0.393 e. The molecular formula is C10H10N4O5S. The molecule has 106 valence electrons. The van der Waals surface area contributed by atoms with Crippen LogP contribution >= 0.6 is 0 Å². The van der Waals surface area contributed by atoms with Gasteiger partial charge in [0, 0.05) is 6.07 Å². The summed E-state index contributed by atoms with van der Waals surface area (Å²) in [4.78, 5) is 9.59. The van der Waals surface area contributed by atoms with E-state index >= 15 is 0 Å². The van der Waals surface area contributed by atoms with Crippen LogP contribution in [0.1, 0.15) is 5.76 Å². The maximum Gasteiger partial charge on any atom is 0.312 e. The Hall–Kier alpha value is -2.46. The fourth-order valence-electron chi connectivity index (χ4n) is 1.53. The van der Waals surface area contributed by atoms with Gasteiger partial charge in [-0.3, -0.25) is 10.1 Å². The van der Waals surface area contributed by atoms with Crippen molar-refractivity contribution in [2.45, 2.75) is 11.4 Å². The van der Waals surface area contributed by atoms with Gasteiger partial charge in [0.25, 0.3) is 0 Å². The van der Waals surface area contributed by atoms with E-state index in [9.17, 15) is 18.5 Å². The minimum atomic E-state index is -4.09. The van der Waals surface area contributed by atoms with E-state index in [1.807, 2.05) is 0 Å². The molecule has 0 aliphatic heterocycles. The van der Waals surface area contributed by atoms with Gasteiger partial charge < -0.3 is 10.3 Å². The molecule has 1 aromatic heterocycles. The fraction of sp³-hybridized carbons (Fsp3) is 0.100. The summed E-state index contributed by atoms with van der Waals surface area (Å²) >= 11 is 0. The van der Waals surface area contributed by atoms with Gasteiger partial charge in [-0.05, 0) is 12.1 Å². The summed E-state index contributed by atoms with van der Waals surface area (Å²) in [5.74, 6) is 0.278. The molecule has 0 aliphatic rings. The van der Waals surface area contributed by atoms with Crippen molar-refractivity contribution in [3.63, 3.8) is 0 Å². The van der Waals surface area contributed by atoms with Crippen molar-refractivity contribution < 1.29 is 17.9 Å². The second-order valence-electron chi connectivity index (χ2n) is 3.75. The number of nitro benzene ring substituents is 1. The van der Waals surface area contributed by atoms with Gasteiger partial charge in [0.2, 0.25) is 10.0 Å². The zero-order valence-corrected chi connectivity index (χ0v) is 10.8. The molecule has 0 amide bonds. The van der Waals surface area contributed by atoms with E-state index in [1.165, 1.54) is 24.4 Å². The lowest BCUT2D eigenvalue weighted by Crippen LogP contribution is -2.24. The lowest BCUT2D eigenvalue weighted by atomic mass is 10.3. The van der Waals surface area contributed by atoms with E-state index in [2.05, 4.69) is 9.88 Å². The number of nitrogens with one attached hydrogen (secondary N) is 1. The van der Waals surface area contributed by atoms with Gasteiger partial charge in [0.1, 0.15) is 5.69 Å². The zero-order chi connectivity index (χ0) is 14.8. The Labute approximate surface area is 113 Å². The third-order valence-electron chi connectivity index (χ3n) is 2.43. The first-order chi connectivity index (χ1) is 9.42. The summed E-state index contributed by atoms with van der Waals surface area (Å²) in [6.45, 7) is -0.172. The van der Waals surface area contributed by atoms with Crippen LogP contribution in [0.15, 0.2) is 39.9 Å². The van der Waals surface area contributed by atoms with Gasteiger partial charge in [0.05, 0.1) is 17.7 Å². The third-order valence-corrected chi connectivity index (χ3v) is 3.86. The first-order valence-corrected chi connectivity index (χ1v) is 6.82. The number of hydrogen-bond acceptors (Lipinski definition) is 7. The molecule has 0 radical (unpaired) electrons. The standard InChI is InChI=1S/C10H10N4O5S/c11-8-2-1-3-9(10(8)14(15)16)20(17,18)13-6-7-4-5-12-19-7/h1-5,13H,6,11H2. The van der Waals surface area contributed by atoms with Gasteiger partial charge in [-0.25, -0.2) is 13.1 Å². The number of benzene rings is 1. The van der Waals surface area contributed by atoms with Gasteiger partial charge in [-0.2, -0.15) is 0 Å². The highest BCUT2D eigenvalue weighted by atomic mass is 32.2. The number of sulfonamides is 1. The molecule has 0 bridgehead atoms. The Balaban J connectivity index is 2.34. The van der Waals surface area contributed by atoms with E-state index in [0.29, 0.717) is 0 Å². The molecule has 0 unspecified atom stereocenters. The molecular weight excluding hydrogens is 288 g/mol. The number of nitrogens with two attached hydrogens (primary N) is 1. The van der Waals surface area contributed by atoms with Crippen LogP contribution in [0.2, 0.25) is 0 Å². The molecule has 0 saturated carbocycles. The van der Waals surface area contributed by atoms with E-state index in [1.54, 1.807) is 0 Å². The predicted octanol–water partition coefficient (Wildman–Crippen LogP) is 0.644. The van der Waals surface area contributed by atoms with Crippen molar-refractivity contribution in [1.29, 1.82) is 0 Å². The van der Waals surface area contributed by atoms with Crippen LogP contribution in [0.3, 0.4) is 0 Å². The molecule has 0 fully saturated rings. The molecule has 2 aromatic rings. The first-order valence-electron chi connectivity index (χ1n) is 5.34. The van der Waals surface area contributed by atoms with Crippen molar-refractivity contribution in [3.05, 3.63) is 46.3 Å². The fourth-order valence-corrected chi connectivity index (χ4v) is 2.72. The minimum absolute atomic E-state index is 0.172. The van der Waals surface area contributed by atoms with Crippen LogP contribution in [-0.4, -0.2) is 18.5 Å². The molecule has 1 heterocycles. The number of nitrogens with zero attached hydrogens (tertiary/aromatic N) is 2. The quantitative estimate of drug-likeness (QED) is 0.468. The molecule has 9 nitrogen and oxygen atoms in total. The van der Waals surface area contributed by atoms with Crippen LogP contribution in [0.4, 0.5) is 11.4 Å². The van der Waals surface area contributed by atoms with Crippen molar-refractivity contribution in [2.75, 3.05) is 5.73 Å². The Bertz CT molecular complexity index is 726. The highest BCUT2D eigenvalue weighted by Gasteiger charge is 2.28. The number of anilines is 1. The Kier molecular flexibility index (Phi) is 3.68. The van der Waals surface area contributed by atoms with E-state index in [-0.39, 0.29) is 18.0 Å². The Morgan fingerprint density at radius 2 is 2.15 bits per heavy atom. The summed E-state index contributed by atoms with van der Waals surface area (Å²) < 4.78 is 31.1. The Morgan fingerprint density at radius 1 is 1.40 bits per heavy atom. The number of nitrogen functional groups attached to an aromatic ring is 1. The lowest BCUT2D eigenvalue weighted by Gasteiger charge is -2.07. The van der Waals surface area contributed by atoms with Crippen LogP contribution in [0.25, 0.3) is 0 Å². The molecule has 3 N–H and O–H groups in total. The monoisotopic (exact) mass is 298 g/mol. The summed E-state index contributed by atoms with van der Waals surface area (Å²) in [5.41, 5.74) is 4.57. The molecule has 0 aliphatic carbocycles. The van der Waals surface area contributed by atoms with Gasteiger partial charge >= 0.3 is 5.69 Å². The largest absolute Gasteiger partial charge is 0.393 e. The van der Waals surface area contributed by atoms with Crippen LogP contribution in [0.5, 0.6) is 0 Å². The average Bonchev–Trinajstić information content (AvgIpc) is 2.89. The van der Waals surface area contributed by atoms with Crippen LogP contribution < -0.4 is 10.5 Å². The first kappa shape index (κ1) is 14.0. The molecule has 10 heteroatoms. The second kappa shape index (κ2) is 5.27. The summed E-state index contributed by atoms with van der Waals surface area (Å²) in [7, 11) is -4.09. The average molecular weight is 298 g/mol. The molecule has 0 spiro atoms. The van der Waals surface area contributed by atoms with Crippen molar-refractivity contribution in [2.24, 2.45) is 0 Å². The van der Waals surface area contributed by atoms with Crippen LogP contribution in [-0.2, 0) is 16.6 Å². The SMILES string of the molecule is Nc1cccc(S(=O)(=O)NCc2ccno2)c1[N+](=O)[O-]. The highest BCUT2D eigenvalue weighted by molar-refractivity contribution is 7.89. The molecule has 20 heavy (non-hydrogen) atoms. The molecule has 2 rings (SSSR count). The normalized spacial score (nSPS) is 11.4. The number of aromatic nitrogens is 1. The lowest BCUT2D eigenvalue weighted by molar-refractivity contribution is -0.386. The summed E-state index contributed by atoms with van der Waals surface area (Å²) in [6.07, 6.45) is 1.35. The smallest absolute Gasteiger partial charge is 0.312 e. The maximum absolute atomic E-state index is 12.1. The molecule has 1 aromatic carbocycles. The van der Waals surface area contributed by atoms with Crippen LogP contribution in [0, 0.1) is 10.1 Å². The highest BCUT2D eigenvalue weighted by Crippen LogP contribution is 2.29. The predicted molar refractivity (Wildman–Crippen MR) is 68.0 cm³/mol. The molecule has 0 saturated heterocycles. The molecule has 0 atom stereocenters. The van der Waals surface area contributed by atoms with E-state index in [4.69, 9.17) is 10.3 Å². The summed E-state index contributed by atoms with van der Waals surface area (Å²) in [5, 5.41) is 14.3. The second-order valence-corrected chi connectivity index (χ2v) is 5.49. The maximum atomic E-state index is 12.1. The zero-order valence-electron chi connectivity index (χ0n) is 10.0. The Morgan fingerprint density at radius 3 is 2.75 bits per heavy atom. The number of hydrogen-bond donors (Lipinski definition) is 2. The van der Waals surface area contributed by atoms with E-state index < -0.39 is 25.5 Å². The van der Waals surface area contributed by atoms with Crippen molar-refractivity contribution in [1.82, 2.24) is 9.88 Å². The topological polar surface area (TPSA) is 141 Å². The summed E-state index contributed by atoms with van der Waals surface area (Å²) in [6, 6.07) is 5.16. The number of nitro groups is 1. The van der Waals surface area contributed by atoms with Gasteiger partial charge in [0.15, 0.2) is 10.7 Å². The number of rotatable bonds is 5. The van der Waals surface area contributed by atoms with Gasteiger partial charge in [-0.1, -0.05) is 11.2 Å². The van der Waals surface area contributed by atoms with E-state index in [0.717, 1.165) is 6.07 Å².